The van der Waals surface area contributed by atoms with E-state index in [0.717, 1.165) is 31.6 Å². The van der Waals surface area contributed by atoms with Crippen LogP contribution in [0.1, 0.15) is 27.2 Å². The number of hydrogen-bond donors (Lipinski definition) is 0. The van der Waals surface area contributed by atoms with E-state index >= 15 is 0 Å². The Kier molecular flexibility index (Phi) is 6.06. The van der Waals surface area contributed by atoms with Crippen molar-refractivity contribution in [3.63, 3.8) is 0 Å². The van der Waals surface area contributed by atoms with Crippen molar-refractivity contribution in [3.05, 3.63) is 11.6 Å². The van der Waals surface area contributed by atoms with Crippen molar-refractivity contribution < 1.29 is 9.53 Å². The number of carbonyl (C=O) groups excluding carboxylic acids is 1. The van der Waals surface area contributed by atoms with Gasteiger partial charge in [0.2, 0.25) is 0 Å². The SMILES string of the molecule is CCC(=CCN1CC(C)SC(C)C1)C(=O)OC. The van der Waals surface area contributed by atoms with Gasteiger partial charge in [0, 0.05) is 35.7 Å². The number of nitrogens with zero attached hydrogens (tertiary/aromatic N) is 1. The maximum absolute atomic E-state index is 11.4. The molecule has 1 aliphatic heterocycles. The minimum Gasteiger partial charge on any atom is -0.466 e. The molecule has 1 fully saturated rings. The fourth-order valence-corrected chi connectivity index (χ4v) is 3.56. The fourth-order valence-electron chi connectivity index (χ4n) is 2.18. The Morgan fingerprint density at radius 2 is 2.00 bits per heavy atom. The summed E-state index contributed by atoms with van der Waals surface area (Å²) in [7, 11) is 1.44. The van der Waals surface area contributed by atoms with Crippen LogP contribution in [0, 0.1) is 0 Å². The third kappa shape index (κ3) is 4.72. The summed E-state index contributed by atoms with van der Waals surface area (Å²) in [5.74, 6) is -0.194. The second-order valence-corrected chi connectivity index (χ2v) is 6.43. The third-order valence-corrected chi connectivity index (χ3v) is 4.15. The average molecular weight is 257 g/mol. The molecule has 1 aliphatic rings. The van der Waals surface area contributed by atoms with Gasteiger partial charge in [-0.1, -0.05) is 26.8 Å². The molecule has 4 heteroatoms. The second kappa shape index (κ2) is 7.07. The van der Waals surface area contributed by atoms with E-state index < -0.39 is 0 Å². The zero-order valence-corrected chi connectivity index (χ0v) is 12.0. The molecular weight excluding hydrogens is 234 g/mol. The summed E-state index contributed by atoms with van der Waals surface area (Å²) in [5.41, 5.74) is 0.783. The molecular formula is C13H23NO2S. The first-order valence-electron chi connectivity index (χ1n) is 6.22. The standard InChI is InChI=1S/C13H23NO2S/c1-5-12(13(15)16-4)6-7-14-8-10(2)17-11(3)9-14/h6,10-11H,5,7-9H2,1-4H3. The summed E-state index contributed by atoms with van der Waals surface area (Å²) in [6.07, 6.45) is 2.75. The van der Waals surface area contributed by atoms with Gasteiger partial charge in [0.25, 0.3) is 0 Å². The van der Waals surface area contributed by atoms with Gasteiger partial charge in [-0.3, -0.25) is 4.90 Å². The van der Waals surface area contributed by atoms with Crippen LogP contribution in [0.25, 0.3) is 0 Å². The predicted octanol–water partition coefficient (Wildman–Crippen LogP) is 2.32. The van der Waals surface area contributed by atoms with Crippen molar-refractivity contribution in [2.24, 2.45) is 0 Å². The summed E-state index contributed by atoms with van der Waals surface area (Å²) in [6.45, 7) is 9.57. The Morgan fingerprint density at radius 3 is 2.47 bits per heavy atom. The quantitative estimate of drug-likeness (QED) is 0.571. The van der Waals surface area contributed by atoms with E-state index in [1.165, 1.54) is 7.11 Å². The number of hydrogen-bond acceptors (Lipinski definition) is 4. The number of ether oxygens (including phenoxy) is 1. The number of carbonyl (C=O) groups is 1. The van der Waals surface area contributed by atoms with Crippen LogP contribution in [0.2, 0.25) is 0 Å². The molecule has 98 valence electrons. The van der Waals surface area contributed by atoms with Crippen LogP contribution in [-0.2, 0) is 9.53 Å². The molecule has 1 saturated heterocycles. The highest BCUT2D eigenvalue weighted by Gasteiger charge is 2.21. The highest BCUT2D eigenvalue weighted by Crippen LogP contribution is 2.24. The van der Waals surface area contributed by atoms with Gasteiger partial charge < -0.3 is 4.74 Å². The molecule has 0 saturated carbocycles. The molecule has 0 N–H and O–H groups in total. The van der Waals surface area contributed by atoms with Gasteiger partial charge in [0.05, 0.1) is 7.11 Å². The maximum Gasteiger partial charge on any atom is 0.333 e. The highest BCUT2D eigenvalue weighted by atomic mass is 32.2. The highest BCUT2D eigenvalue weighted by molar-refractivity contribution is 8.00. The summed E-state index contributed by atoms with van der Waals surface area (Å²) in [4.78, 5) is 13.8. The number of esters is 1. The first-order valence-corrected chi connectivity index (χ1v) is 7.16. The zero-order valence-electron chi connectivity index (χ0n) is 11.2. The summed E-state index contributed by atoms with van der Waals surface area (Å²) in [5, 5.41) is 1.35. The number of rotatable bonds is 4. The topological polar surface area (TPSA) is 29.5 Å². The molecule has 17 heavy (non-hydrogen) atoms. The van der Waals surface area contributed by atoms with Crippen molar-refractivity contribution >= 4 is 17.7 Å². The molecule has 0 spiro atoms. The van der Waals surface area contributed by atoms with E-state index in [1.807, 2.05) is 24.8 Å². The summed E-state index contributed by atoms with van der Waals surface area (Å²) >= 11 is 2.04. The number of thioether (sulfide) groups is 1. The molecule has 1 rings (SSSR count). The van der Waals surface area contributed by atoms with E-state index in [9.17, 15) is 4.79 Å². The minimum atomic E-state index is -0.194. The third-order valence-electron chi connectivity index (χ3n) is 2.92. The minimum absolute atomic E-state index is 0.194. The van der Waals surface area contributed by atoms with Crippen LogP contribution in [-0.4, -0.2) is 48.1 Å². The van der Waals surface area contributed by atoms with Gasteiger partial charge in [-0.15, -0.1) is 0 Å². The van der Waals surface area contributed by atoms with Gasteiger partial charge >= 0.3 is 5.97 Å². The maximum atomic E-state index is 11.4. The Balaban J connectivity index is 2.52. The van der Waals surface area contributed by atoms with Gasteiger partial charge in [-0.2, -0.15) is 11.8 Å². The first-order chi connectivity index (χ1) is 8.06. The number of methoxy groups -OCH3 is 1. The van der Waals surface area contributed by atoms with Gasteiger partial charge in [0.1, 0.15) is 0 Å². The lowest BCUT2D eigenvalue weighted by Crippen LogP contribution is -2.40. The molecule has 0 aromatic heterocycles. The fraction of sp³-hybridized carbons (Fsp3) is 0.769. The summed E-state index contributed by atoms with van der Waals surface area (Å²) in [6, 6.07) is 0. The van der Waals surface area contributed by atoms with Crippen molar-refractivity contribution in [2.45, 2.75) is 37.7 Å². The van der Waals surface area contributed by atoms with Gasteiger partial charge in [-0.05, 0) is 6.42 Å². The van der Waals surface area contributed by atoms with E-state index in [-0.39, 0.29) is 5.97 Å². The molecule has 2 atom stereocenters. The zero-order chi connectivity index (χ0) is 12.8. The molecule has 0 radical (unpaired) electrons. The molecule has 3 nitrogen and oxygen atoms in total. The van der Waals surface area contributed by atoms with E-state index in [0.29, 0.717) is 10.5 Å². The van der Waals surface area contributed by atoms with Crippen molar-refractivity contribution in [2.75, 3.05) is 26.7 Å². The van der Waals surface area contributed by atoms with E-state index in [1.54, 1.807) is 0 Å². The second-order valence-electron chi connectivity index (χ2n) is 4.55. The first kappa shape index (κ1) is 14.6. The lowest BCUT2D eigenvalue weighted by Gasteiger charge is -2.33. The normalized spacial score (nSPS) is 26.9. The molecule has 0 aromatic rings. The van der Waals surface area contributed by atoms with Gasteiger partial charge in [-0.25, -0.2) is 4.79 Å². The largest absolute Gasteiger partial charge is 0.466 e. The molecule has 0 aliphatic carbocycles. The van der Waals surface area contributed by atoms with Crippen molar-refractivity contribution in [1.82, 2.24) is 4.90 Å². The average Bonchev–Trinajstić information content (AvgIpc) is 2.28. The van der Waals surface area contributed by atoms with Crippen molar-refractivity contribution in [3.8, 4) is 0 Å². The Labute approximate surface area is 109 Å². The molecule has 2 unspecified atom stereocenters. The van der Waals surface area contributed by atoms with Crippen LogP contribution in [0.15, 0.2) is 11.6 Å². The Morgan fingerprint density at radius 1 is 1.41 bits per heavy atom. The molecule has 0 amide bonds. The Bertz CT molecular complexity index is 281. The van der Waals surface area contributed by atoms with Crippen molar-refractivity contribution in [1.29, 1.82) is 0 Å². The van der Waals surface area contributed by atoms with E-state index in [4.69, 9.17) is 4.74 Å². The molecule has 1 heterocycles. The van der Waals surface area contributed by atoms with Gasteiger partial charge in [0.15, 0.2) is 0 Å². The van der Waals surface area contributed by atoms with Crippen LogP contribution in [0.5, 0.6) is 0 Å². The predicted molar refractivity (Wildman–Crippen MR) is 73.3 cm³/mol. The summed E-state index contributed by atoms with van der Waals surface area (Å²) < 4.78 is 4.76. The van der Waals surface area contributed by atoms with Crippen LogP contribution in [0.3, 0.4) is 0 Å². The van der Waals surface area contributed by atoms with Crippen LogP contribution in [0.4, 0.5) is 0 Å². The van der Waals surface area contributed by atoms with E-state index in [2.05, 4.69) is 18.7 Å². The van der Waals surface area contributed by atoms with Crippen LogP contribution >= 0.6 is 11.8 Å². The molecule has 0 aromatic carbocycles. The lowest BCUT2D eigenvalue weighted by molar-refractivity contribution is -0.136. The smallest absolute Gasteiger partial charge is 0.333 e. The van der Waals surface area contributed by atoms with Crippen LogP contribution < -0.4 is 0 Å². The molecule has 0 bridgehead atoms. The monoisotopic (exact) mass is 257 g/mol. The lowest BCUT2D eigenvalue weighted by atomic mass is 10.2. The Hall–Kier alpha value is -0.480.